The highest BCUT2D eigenvalue weighted by Gasteiger charge is 2.04. The molecule has 90 valence electrons. The molecule has 1 aromatic heterocycles. The number of aromatic nitrogens is 1. The van der Waals surface area contributed by atoms with Crippen molar-refractivity contribution in [2.75, 3.05) is 6.61 Å². The molecule has 0 aliphatic heterocycles. The Hall–Kier alpha value is -1.23. The molecular weight excluding hydrogens is 214 g/mol. The van der Waals surface area contributed by atoms with E-state index in [0.717, 1.165) is 5.56 Å². The van der Waals surface area contributed by atoms with Crippen LogP contribution in [-0.2, 0) is 6.54 Å². The lowest BCUT2D eigenvalue weighted by Crippen LogP contribution is -2.21. The van der Waals surface area contributed by atoms with E-state index in [2.05, 4.69) is 10.3 Å². The van der Waals surface area contributed by atoms with Gasteiger partial charge in [-0.25, -0.2) is 13.8 Å². The first kappa shape index (κ1) is 12.8. The van der Waals surface area contributed by atoms with Crippen LogP contribution < -0.4 is 10.1 Å². The van der Waals surface area contributed by atoms with Gasteiger partial charge < -0.3 is 10.1 Å². The van der Waals surface area contributed by atoms with Gasteiger partial charge in [-0.3, -0.25) is 0 Å². The van der Waals surface area contributed by atoms with Crippen molar-refractivity contribution < 1.29 is 13.5 Å². The van der Waals surface area contributed by atoms with Crippen LogP contribution in [0, 0.1) is 0 Å². The van der Waals surface area contributed by atoms with Crippen LogP contribution in [0.5, 0.6) is 5.88 Å². The van der Waals surface area contributed by atoms with Crippen LogP contribution in [0.25, 0.3) is 0 Å². The zero-order valence-electron chi connectivity index (χ0n) is 9.41. The lowest BCUT2D eigenvalue weighted by molar-refractivity contribution is 0.0796. The molecule has 0 aliphatic rings. The molecule has 0 aromatic carbocycles. The summed E-state index contributed by atoms with van der Waals surface area (Å²) in [7, 11) is 0. The summed E-state index contributed by atoms with van der Waals surface area (Å²) in [4.78, 5) is 3.93. The third-order valence-corrected chi connectivity index (χ3v) is 1.87. The second kappa shape index (κ2) is 6.37. The zero-order valence-corrected chi connectivity index (χ0v) is 9.41. The van der Waals surface area contributed by atoms with Gasteiger partial charge in [0.15, 0.2) is 6.61 Å². The topological polar surface area (TPSA) is 34.1 Å². The summed E-state index contributed by atoms with van der Waals surface area (Å²) in [5, 5.41) is 3.23. The second-order valence-electron chi connectivity index (χ2n) is 3.74. The zero-order chi connectivity index (χ0) is 12.0. The normalized spacial score (nSPS) is 11.1. The summed E-state index contributed by atoms with van der Waals surface area (Å²) in [5.74, 6) is 0.230. The van der Waals surface area contributed by atoms with Crippen molar-refractivity contribution >= 4 is 0 Å². The van der Waals surface area contributed by atoms with E-state index in [1.165, 1.54) is 0 Å². The van der Waals surface area contributed by atoms with Crippen LogP contribution in [-0.4, -0.2) is 24.1 Å². The number of nitrogens with zero attached hydrogens (tertiary/aromatic N) is 1. The largest absolute Gasteiger partial charge is 0.472 e. The molecule has 3 nitrogen and oxygen atoms in total. The molecule has 1 N–H and O–H groups in total. The van der Waals surface area contributed by atoms with Gasteiger partial charge in [-0.1, -0.05) is 19.9 Å². The third-order valence-electron chi connectivity index (χ3n) is 1.87. The maximum Gasteiger partial charge on any atom is 0.272 e. The highest BCUT2D eigenvalue weighted by molar-refractivity contribution is 5.17. The quantitative estimate of drug-likeness (QED) is 0.813. The standard InChI is InChI=1S/C11H16F2N2O/c1-8(2)14-5-9-3-4-11(15-6-9)16-7-10(12)13/h3-4,6,8,10,14H,5,7H2,1-2H3. The lowest BCUT2D eigenvalue weighted by Gasteiger charge is -2.08. The Morgan fingerprint density at radius 2 is 2.12 bits per heavy atom. The predicted octanol–water partition coefficient (Wildman–Crippen LogP) is 2.22. The molecule has 0 radical (unpaired) electrons. The van der Waals surface area contributed by atoms with E-state index in [0.29, 0.717) is 12.6 Å². The molecule has 0 saturated carbocycles. The van der Waals surface area contributed by atoms with Crippen molar-refractivity contribution in [1.82, 2.24) is 10.3 Å². The van der Waals surface area contributed by atoms with E-state index in [-0.39, 0.29) is 5.88 Å². The predicted molar refractivity (Wildman–Crippen MR) is 57.7 cm³/mol. The third kappa shape index (κ3) is 5.02. The minimum atomic E-state index is -2.47. The van der Waals surface area contributed by atoms with Crippen LogP contribution in [0.3, 0.4) is 0 Å². The average molecular weight is 230 g/mol. The molecule has 0 spiro atoms. The summed E-state index contributed by atoms with van der Waals surface area (Å²) in [6.45, 7) is 4.19. The van der Waals surface area contributed by atoms with Crippen molar-refractivity contribution in [3.8, 4) is 5.88 Å². The minimum Gasteiger partial charge on any atom is -0.472 e. The number of nitrogens with one attached hydrogen (secondary N) is 1. The SMILES string of the molecule is CC(C)NCc1ccc(OCC(F)F)nc1. The number of halogens is 2. The molecule has 1 aromatic rings. The van der Waals surface area contributed by atoms with Gasteiger partial charge in [0.05, 0.1) is 0 Å². The molecule has 0 fully saturated rings. The number of ether oxygens (including phenoxy) is 1. The van der Waals surface area contributed by atoms with Crippen LogP contribution in [0.4, 0.5) is 8.78 Å². The molecule has 0 unspecified atom stereocenters. The Bertz CT molecular complexity index is 270. The first-order valence-electron chi connectivity index (χ1n) is 5.17. The highest BCUT2D eigenvalue weighted by Crippen LogP contribution is 2.08. The average Bonchev–Trinajstić information content (AvgIpc) is 2.25. The van der Waals surface area contributed by atoms with Gasteiger partial charge >= 0.3 is 0 Å². The van der Waals surface area contributed by atoms with Gasteiger partial charge in [0.2, 0.25) is 5.88 Å². The van der Waals surface area contributed by atoms with Crippen LogP contribution in [0.15, 0.2) is 18.3 Å². The maximum absolute atomic E-state index is 11.8. The molecule has 0 aliphatic carbocycles. The number of alkyl halides is 2. The van der Waals surface area contributed by atoms with E-state index in [4.69, 9.17) is 4.74 Å². The number of rotatable bonds is 6. The van der Waals surface area contributed by atoms with E-state index in [9.17, 15) is 8.78 Å². The fraction of sp³-hybridized carbons (Fsp3) is 0.545. The monoisotopic (exact) mass is 230 g/mol. The number of hydrogen-bond donors (Lipinski definition) is 1. The fourth-order valence-electron chi connectivity index (χ4n) is 1.07. The van der Waals surface area contributed by atoms with E-state index in [1.807, 2.05) is 19.9 Å². The minimum absolute atomic E-state index is 0.230. The van der Waals surface area contributed by atoms with Gasteiger partial charge in [-0.15, -0.1) is 0 Å². The molecule has 0 saturated heterocycles. The van der Waals surface area contributed by atoms with Crippen LogP contribution in [0.1, 0.15) is 19.4 Å². The van der Waals surface area contributed by atoms with Gasteiger partial charge in [0.1, 0.15) is 0 Å². The number of pyridine rings is 1. The molecule has 5 heteroatoms. The maximum atomic E-state index is 11.8. The molecule has 0 amide bonds. The van der Waals surface area contributed by atoms with Crippen molar-refractivity contribution in [2.45, 2.75) is 32.9 Å². The van der Waals surface area contributed by atoms with Crippen molar-refractivity contribution in [3.63, 3.8) is 0 Å². The van der Waals surface area contributed by atoms with Crippen molar-refractivity contribution in [2.24, 2.45) is 0 Å². The van der Waals surface area contributed by atoms with Gasteiger partial charge in [-0.05, 0) is 5.56 Å². The van der Waals surface area contributed by atoms with Gasteiger partial charge in [0.25, 0.3) is 6.43 Å². The molecular formula is C11H16F2N2O. The highest BCUT2D eigenvalue weighted by atomic mass is 19.3. The van der Waals surface area contributed by atoms with E-state index < -0.39 is 13.0 Å². The molecule has 0 bridgehead atoms. The molecule has 1 rings (SSSR count). The number of hydrogen-bond acceptors (Lipinski definition) is 3. The van der Waals surface area contributed by atoms with Crippen molar-refractivity contribution in [1.29, 1.82) is 0 Å². The second-order valence-corrected chi connectivity index (χ2v) is 3.74. The first-order chi connectivity index (χ1) is 7.58. The summed E-state index contributed by atoms with van der Waals surface area (Å²) in [5.41, 5.74) is 0.998. The first-order valence-corrected chi connectivity index (χ1v) is 5.17. The van der Waals surface area contributed by atoms with E-state index in [1.54, 1.807) is 12.3 Å². The van der Waals surface area contributed by atoms with E-state index >= 15 is 0 Å². The van der Waals surface area contributed by atoms with Crippen LogP contribution in [0.2, 0.25) is 0 Å². The summed E-state index contributed by atoms with van der Waals surface area (Å²) < 4.78 is 28.5. The molecule has 1 heterocycles. The molecule has 16 heavy (non-hydrogen) atoms. The lowest BCUT2D eigenvalue weighted by atomic mass is 10.2. The van der Waals surface area contributed by atoms with Gasteiger partial charge in [0, 0.05) is 24.8 Å². The smallest absolute Gasteiger partial charge is 0.272 e. The Labute approximate surface area is 93.8 Å². The Kier molecular flexibility index (Phi) is 5.11. The Balaban J connectivity index is 2.41. The fourth-order valence-corrected chi connectivity index (χ4v) is 1.07. The molecule has 0 atom stereocenters. The summed E-state index contributed by atoms with van der Waals surface area (Å²) in [6, 6.07) is 3.80. The van der Waals surface area contributed by atoms with Gasteiger partial charge in [-0.2, -0.15) is 0 Å². The summed E-state index contributed by atoms with van der Waals surface area (Å²) in [6.07, 6.45) is -0.847. The summed E-state index contributed by atoms with van der Waals surface area (Å²) >= 11 is 0. The Morgan fingerprint density at radius 3 is 2.62 bits per heavy atom. The Morgan fingerprint density at radius 1 is 1.38 bits per heavy atom. The van der Waals surface area contributed by atoms with Crippen molar-refractivity contribution in [3.05, 3.63) is 23.9 Å². The van der Waals surface area contributed by atoms with Crippen LogP contribution >= 0.6 is 0 Å².